The maximum absolute atomic E-state index is 12.0. The van der Waals surface area contributed by atoms with E-state index in [4.69, 9.17) is 23.2 Å². The first-order valence-corrected chi connectivity index (χ1v) is 8.27. The van der Waals surface area contributed by atoms with Gasteiger partial charge < -0.3 is 10.2 Å². The molecule has 0 aliphatic carbocycles. The molecule has 1 aliphatic rings. The highest BCUT2D eigenvalue weighted by molar-refractivity contribution is 6.35. The third-order valence-electron chi connectivity index (χ3n) is 3.99. The summed E-state index contributed by atoms with van der Waals surface area (Å²) < 4.78 is 0. The highest BCUT2D eigenvalue weighted by atomic mass is 35.5. The largest absolute Gasteiger partial charge is 0.352 e. The Morgan fingerprint density at radius 1 is 1.33 bits per heavy atom. The number of nitrogens with zero attached hydrogens (tertiary/aromatic N) is 1. The molecule has 1 aromatic carbocycles. The van der Waals surface area contributed by atoms with Gasteiger partial charge in [-0.25, -0.2) is 0 Å². The fraction of sp³-hybridized carbons (Fsp3) is 0.562. The second-order valence-electron chi connectivity index (χ2n) is 5.76. The maximum atomic E-state index is 12.0. The second kappa shape index (κ2) is 8.02. The van der Waals surface area contributed by atoms with E-state index in [1.807, 2.05) is 0 Å². The first-order valence-electron chi connectivity index (χ1n) is 7.52. The van der Waals surface area contributed by atoms with E-state index in [1.165, 1.54) is 25.9 Å². The van der Waals surface area contributed by atoms with Crippen molar-refractivity contribution in [3.63, 3.8) is 0 Å². The van der Waals surface area contributed by atoms with E-state index in [2.05, 4.69) is 17.1 Å². The molecule has 0 aromatic heterocycles. The van der Waals surface area contributed by atoms with E-state index in [9.17, 15) is 4.79 Å². The Balaban J connectivity index is 1.71. The van der Waals surface area contributed by atoms with Crippen LogP contribution in [0.5, 0.6) is 0 Å². The fourth-order valence-electron chi connectivity index (χ4n) is 2.56. The lowest BCUT2D eigenvalue weighted by Crippen LogP contribution is -2.35. The van der Waals surface area contributed by atoms with Gasteiger partial charge in [0, 0.05) is 11.6 Å². The highest BCUT2D eigenvalue weighted by Gasteiger charge is 2.15. The maximum Gasteiger partial charge on any atom is 0.252 e. The first-order chi connectivity index (χ1) is 10.1. The average Bonchev–Trinajstić information content (AvgIpc) is 2.47. The lowest BCUT2D eigenvalue weighted by atomic mass is 9.99. The molecule has 1 aliphatic heterocycles. The molecule has 0 radical (unpaired) electrons. The summed E-state index contributed by atoms with van der Waals surface area (Å²) in [6.07, 6.45) is 3.52. The normalized spacial score (nSPS) is 16.9. The molecule has 21 heavy (non-hydrogen) atoms. The van der Waals surface area contributed by atoms with Gasteiger partial charge in [-0.1, -0.05) is 30.1 Å². The molecule has 5 heteroatoms. The van der Waals surface area contributed by atoms with E-state index in [0.717, 1.165) is 18.9 Å². The molecule has 3 nitrogen and oxygen atoms in total. The number of likely N-dealkylation sites (tertiary alicyclic amines) is 1. The van der Waals surface area contributed by atoms with E-state index >= 15 is 0 Å². The number of hydrogen-bond acceptors (Lipinski definition) is 2. The van der Waals surface area contributed by atoms with E-state index < -0.39 is 0 Å². The van der Waals surface area contributed by atoms with Crippen LogP contribution in [0.25, 0.3) is 0 Å². The highest BCUT2D eigenvalue weighted by Crippen LogP contribution is 2.20. The van der Waals surface area contributed by atoms with Crippen LogP contribution in [0.4, 0.5) is 0 Å². The van der Waals surface area contributed by atoms with Gasteiger partial charge in [0.25, 0.3) is 5.91 Å². The standard InChI is InChI=1S/C16H22Cl2N2O/c1-12-5-9-20(10-6-12)8-2-7-19-16(21)14-11-13(17)3-4-15(14)18/h3-4,11-12H,2,5-10H2,1H3,(H,19,21). The molecule has 0 saturated carbocycles. The van der Waals surface area contributed by atoms with Crippen LogP contribution in [-0.2, 0) is 0 Å². The van der Waals surface area contributed by atoms with Gasteiger partial charge in [0.15, 0.2) is 0 Å². The van der Waals surface area contributed by atoms with Crippen molar-refractivity contribution < 1.29 is 4.79 Å². The summed E-state index contributed by atoms with van der Waals surface area (Å²) >= 11 is 11.9. The Labute approximate surface area is 136 Å². The van der Waals surface area contributed by atoms with E-state index in [1.54, 1.807) is 18.2 Å². The number of nitrogens with one attached hydrogen (secondary N) is 1. The number of amides is 1. The summed E-state index contributed by atoms with van der Waals surface area (Å²) in [6, 6.07) is 4.93. The molecule has 116 valence electrons. The summed E-state index contributed by atoms with van der Waals surface area (Å²) in [7, 11) is 0. The van der Waals surface area contributed by atoms with Crippen LogP contribution < -0.4 is 5.32 Å². The minimum Gasteiger partial charge on any atom is -0.352 e. The average molecular weight is 329 g/mol. The molecule has 0 bridgehead atoms. The summed E-state index contributed by atoms with van der Waals surface area (Å²) in [4.78, 5) is 14.5. The molecule has 0 spiro atoms. The number of carbonyl (C=O) groups excluding carboxylic acids is 1. The predicted octanol–water partition coefficient (Wildman–Crippen LogP) is 3.85. The van der Waals surface area contributed by atoms with Crippen LogP contribution in [0.2, 0.25) is 10.0 Å². The Hall–Kier alpha value is -0.770. The molecule has 0 atom stereocenters. The van der Waals surface area contributed by atoms with Crippen molar-refractivity contribution in [3.05, 3.63) is 33.8 Å². The second-order valence-corrected chi connectivity index (χ2v) is 6.60. The van der Waals surface area contributed by atoms with Crippen molar-refractivity contribution in [2.45, 2.75) is 26.2 Å². The number of hydrogen-bond donors (Lipinski definition) is 1. The number of carbonyl (C=O) groups is 1. The summed E-state index contributed by atoms with van der Waals surface area (Å²) in [5, 5.41) is 3.86. The first kappa shape index (κ1) is 16.6. The van der Waals surface area contributed by atoms with Crippen LogP contribution in [0.15, 0.2) is 18.2 Å². The molecule has 1 aromatic rings. The third kappa shape index (κ3) is 5.17. The molecular weight excluding hydrogens is 307 g/mol. The quantitative estimate of drug-likeness (QED) is 0.833. The van der Waals surface area contributed by atoms with Crippen LogP contribution in [-0.4, -0.2) is 37.0 Å². The molecule has 1 N–H and O–H groups in total. The summed E-state index contributed by atoms with van der Waals surface area (Å²) in [5.74, 6) is 0.695. The van der Waals surface area contributed by atoms with Crippen molar-refractivity contribution >= 4 is 29.1 Å². The molecular formula is C16H22Cl2N2O. The zero-order valence-electron chi connectivity index (χ0n) is 12.4. The van der Waals surface area contributed by atoms with Crippen molar-refractivity contribution in [2.24, 2.45) is 5.92 Å². The monoisotopic (exact) mass is 328 g/mol. The summed E-state index contributed by atoms with van der Waals surface area (Å²) in [5.41, 5.74) is 0.441. The fourth-order valence-corrected chi connectivity index (χ4v) is 2.93. The minimum absolute atomic E-state index is 0.158. The molecule has 1 fully saturated rings. The van der Waals surface area contributed by atoms with Gasteiger partial charge in [-0.05, 0) is 63.0 Å². The Morgan fingerprint density at radius 2 is 2.05 bits per heavy atom. The molecule has 1 heterocycles. The number of benzene rings is 1. The number of rotatable bonds is 5. The summed E-state index contributed by atoms with van der Waals surface area (Å²) in [6.45, 7) is 6.36. The Bertz CT molecular complexity index is 485. The smallest absolute Gasteiger partial charge is 0.252 e. The van der Waals surface area contributed by atoms with Crippen molar-refractivity contribution in [3.8, 4) is 0 Å². The number of piperidine rings is 1. The topological polar surface area (TPSA) is 32.3 Å². The van der Waals surface area contributed by atoms with Crippen molar-refractivity contribution in [2.75, 3.05) is 26.2 Å². The van der Waals surface area contributed by atoms with Gasteiger partial charge >= 0.3 is 0 Å². The Kier molecular flexibility index (Phi) is 6.34. The third-order valence-corrected chi connectivity index (χ3v) is 4.55. The van der Waals surface area contributed by atoms with Crippen LogP contribution in [0.3, 0.4) is 0 Å². The molecule has 1 saturated heterocycles. The van der Waals surface area contributed by atoms with Gasteiger partial charge in [-0.15, -0.1) is 0 Å². The van der Waals surface area contributed by atoms with Gasteiger partial charge in [-0.3, -0.25) is 4.79 Å². The Morgan fingerprint density at radius 3 is 2.76 bits per heavy atom. The lowest BCUT2D eigenvalue weighted by molar-refractivity contribution is 0.0950. The van der Waals surface area contributed by atoms with Crippen molar-refractivity contribution in [1.29, 1.82) is 0 Å². The molecule has 0 unspecified atom stereocenters. The van der Waals surface area contributed by atoms with E-state index in [-0.39, 0.29) is 5.91 Å². The van der Waals surface area contributed by atoms with Gasteiger partial charge in [0.05, 0.1) is 10.6 Å². The zero-order chi connectivity index (χ0) is 15.2. The van der Waals surface area contributed by atoms with Gasteiger partial charge in [0.2, 0.25) is 0 Å². The van der Waals surface area contributed by atoms with Gasteiger partial charge in [0.1, 0.15) is 0 Å². The van der Waals surface area contributed by atoms with Crippen LogP contribution in [0.1, 0.15) is 36.5 Å². The molecule has 1 amide bonds. The van der Waals surface area contributed by atoms with Crippen LogP contribution in [0, 0.1) is 5.92 Å². The zero-order valence-corrected chi connectivity index (χ0v) is 13.9. The number of halogens is 2. The minimum atomic E-state index is -0.158. The SMILES string of the molecule is CC1CCN(CCCNC(=O)c2cc(Cl)ccc2Cl)CC1. The van der Waals surface area contributed by atoms with Gasteiger partial charge in [-0.2, -0.15) is 0 Å². The van der Waals surface area contributed by atoms with Crippen molar-refractivity contribution in [1.82, 2.24) is 10.2 Å². The van der Waals surface area contributed by atoms with Crippen LogP contribution >= 0.6 is 23.2 Å². The lowest BCUT2D eigenvalue weighted by Gasteiger charge is -2.30. The molecule has 2 rings (SSSR count). The predicted molar refractivity (Wildman–Crippen MR) is 88.3 cm³/mol. The van der Waals surface area contributed by atoms with E-state index in [0.29, 0.717) is 22.2 Å².